The van der Waals surface area contributed by atoms with Crippen LogP contribution in [0.5, 0.6) is 5.75 Å². The SMILES string of the molecule is CN=C(NCCC1=CCOCC1)N1CCC(c2ccc(OC)cc2)C1. The highest BCUT2D eigenvalue weighted by Crippen LogP contribution is 2.28. The molecule has 136 valence electrons. The molecule has 5 heteroatoms. The van der Waals surface area contributed by atoms with Crippen LogP contribution in [0.4, 0.5) is 0 Å². The lowest BCUT2D eigenvalue weighted by Crippen LogP contribution is -2.40. The van der Waals surface area contributed by atoms with Gasteiger partial charge in [-0.2, -0.15) is 0 Å². The maximum Gasteiger partial charge on any atom is 0.193 e. The third-order valence-corrected chi connectivity index (χ3v) is 5.07. The molecule has 0 aromatic heterocycles. The molecule has 0 bridgehead atoms. The van der Waals surface area contributed by atoms with Crippen molar-refractivity contribution < 1.29 is 9.47 Å². The van der Waals surface area contributed by atoms with Crippen molar-refractivity contribution in [3.8, 4) is 5.75 Å². The number of likely N-dealkylation sites (tertiary alicyclic amines) is 1. The van der Waals surface area contributed by atoms with Gasteiger partial charge in [-0.3, -0.25) is 4.99 Å². The summed E-state index contributed by atoms with van der Waals surface area (Å²) in [7, 11) is 3.58. The summed E-state index contributed by atoms with van der Waals surface area (Å²) >= 11 is 0. The van der Waals surface area contributed by atoms with Gasteiger partial charge in [0.15, 0.2) is 5.96 Å². The Morgan fingerprint density at radius 1 is 1.36 bits per heavy atom. The molecule has 1 unspecified atom stereocenters. The van der Waals surface area contributed by atoms with Crippen LogP contribution in [0.1, 0.15) is 30.7 Å². The molecule has 2 aliphatic heterocycles. The van der Waals surface area contributed by atoms with Gasteiger partial charge in [-0.1, -0.05) is 23.8 Å². The summed E-state index contributed by atoms with van der Waals surface area (Å²) in [5.74, 6) is 2.49. The van der Waals surface area contributed by atoms with Crippen molar-refractivity contribution in [2.45, 2.75) is 25.2 Å². The van der Waals surface area contributed by atoms with E-state index in [1.807, 2.05) is 19.2 Å². The van der Waals surface area contributed by atoms with E-state index in [-0.39, 0.29) is 0 Å². The molecule has 1 aromatic rings. The zero-order valence-electron chi connectivity index (χ0n) is 15.3. The Labute approximate surface area is 150 Å². The summed E-state index contributed by atoms with van der Waals surface area (Å²) in [6.07, 6.45) is 5.50. The first-order valence-corrected chi connectivity index (χ1v) is 9.15. The van der Waals surface area contributed by atoms with E-state index >= 15 is 0 Å². The van der Waals surface area contributed by atoms with Crippen LogP contribution < -0.4 is 10.1 Å². The monoisotopic (exact) mass is 343 g/mol. The lowest BCUT2D eigenvalue weighted by Gasteiger charge is -2.22. The Kier molecular flexibility index (Phi) is 6.34. The maximum atomic E-state index is 5.36. The lowest BCUT2D eigenvalue weighted by atomic mass is 9.98. The van der Waals surface area contributed by atoms with Gasteiger partial charge in [-0.05, 0) is 37.0 Å². The zero-order chi connectivity index (χ0) is 17.5. The summed E-state index contributed by atoms with van der Waals surface area (Å²) in [5.41, 5.74) is 2.87. The summed E-state index contributed by atoms with van der Waals surface area (Å²) in [6, 6.07) is 8.46. The zero-order valence-corrected chi connectivity index (χ0v) is 15.3. The molecule has 1 atom stereocenters. The van der Waals surface area contributed by atoms with Crippen molar-refractivity contribution in [1.82, 2.24) is 10.2 Å². The maximum absolute atomic E-state index is 5.36. The minimum atomic E-state index is 0.558. The quantitative estimate of drug-likeness (QED) is 0.507. The minimum Gasteiger partial charge on any atom is -0.497 e. The van der Waals surface area contributed by atoms with E-state index in [0.717, 1.165) is 63.8 Å². The molecule has 0 radical (unpaired) electrons. The normalized spacial score (nSPS) is 21.2. The number of guanidine groups is 1. The topological polar surface area (TPSA) is 46.1 Å². The Bertz CT molecular complexity index is 610. The average molecular weight is 343 g/mol. The van der Waals surface area contributed by atoms with E-state index in [2.05, 4.69) is 33.4 Å². The van der Waals surface area contributed by atoms with Crippen LogP contribution in [0.25, 0.3) is 0 Å². The number of nitrogens with zero attached hydrogens (tertiary/aromatic N) is 2. The second-order valence-corrected chi connectivity index (χ2v) is 6.62. The molecule has 3 rings (SSSR count). The Morgan fingerprint density at radius 2 is 2.20 bits per heavy atom. The Morgan fingerprint density at radius 3 is 2.88 bits per heavy atom. The fraction of sp³-hybridized carbons (Fsp3) is 0.550. The number of ether oxygens (including phenoxy) is 2. The number of hydrogen-bond donors (Lipinski definition) is 1. The molecule has 1 aromatic carbocycles. The number of hydrogen-bond acceptors (Lipinski definition) is 3. The van der Waals surface area contributed by atoms with E-state index in [1.165, 1.54) is 11.1 Å². The second-order valence-electron chi connectivity index (χ2n) is 6.62. The molecule has 0 spiro atoms. The van der Waals surface area contributed by atoms with Crippen molar-refractivity contribution >= 4 is 5.96 Å². The molecular formula is C20H29N3O2. The molecular weight excluding hydrogens is 314 g/mol. The standard InChI is InChI=1S/C20H29N3O2/c1-21-20(22-11-7-16-9-13-25-14-10-16)23-12-8-18(15-23)17-3-5-19(24-2)6-4-17/h3-6,9,18H,7-8,10-15H2,1-2H3,(H,21,22). The van der Waals surface area contributed by atoms with Crippen LogP contribution in [0, 0.1) is 0 Å². The van der Waals surface area contributed by atoms with Crippen molar-refractivity contribution in [2.75, 3.05) is 47.0 Å². The van der Waals surface area contributed by atoms with Gasteiger partial charge in [0.2, 0.25) is 0 Å². The highest BCUT2D eigenvalue weighted by molar-refractivity contribution is 5.80. The third kappa shape index (κ3) is 4.75. The minimum absolute atomic E-state index is 0.558. The molecule has 25 heavy (non-hydrogen) atoms. The average Bonchev–Trinajstić information content (AvgIpc) is 3.16. The van der Waals surface area contributed by atoms with Gasteiger partial charge in [0.25, 0.3) is 0 Å². The van der Waals surface area contributed by atoms with Crippen LogP contribution >= 0.6 is 0 Å². The van der Waals surface area contributed by atoms with Crippen molar-refractivity contribution in [2.24, 2.45) is 4.99 Å². The van der Waals surface area contributed by atoms with Crippen LogP contribution in [-0.4, -0.2) is 57.9 Å². The third-order valence-electron chi connectivity index (χ3n) is 5.07. The van der Waals surface area contributed by atoms with Gasteiger partial charge in [0.1, 0.15) is 5.75 Å². The van der Waals surface area contributed by atoms with E-state index in [4.69, 9.17) is 9.47 Å². The summed E-state index contributed by atoms with van der Waals surface area (Å²) < 4.78 is 10.6. The number of rotatable bonds is 5. The number of nitrogens with one attached hydrogen (secondary N) is 1. The molecule has 1 fully saturated rings. The smallest absolute Gasteiger partial charge is 0.193 e. The molecule has 0 amide bonds. The number of methoxy groups -OCH3 is 1. The van der Waals surface area contributed by atoms with E-state index in [9.17, 15) is 0 Å². The Balaban J connectivity index is 1.49. The molecule has 2 heterocycles. The van der Waals surface area contributed by atoms with Crippen LogP contribution in [0.2, 0.25) is 0 Å². The predicted octanol–water partition coefficient (Wildman–Crippen LogP) is 2.80. The fourth-order valence-electron chi connectivity index (χ4n) is 3.56. The molecule has 5 nitrogen and oxygen atoms in total. The molecule has 0 saturated carbocycles. The number of benzene rings is 1. The molecule has 1 N–H and O–H groups in total. The summed E-state index contributed by atoms with van der Waals surface area (Å²) in [5, 5.41) is 3.52. The second kappa shape index (κ2) is 8.90. The van der Waals surface area contributed by atoms with Crippen LogP contribution in [0.15, 0.2) is 40.9 Å². The van der Waals surface area contributed by atoms with Crippen molar-refractivity contribution in [3.63, 3.8) is 0 Å². The Hall–Kier alpha value is -2.01. The van der Waals surface area contributed by atoms with Gasteiger partial charge >= 0.3 is 0 Å². The highest BCUT2D eigenvalue weighted by Gasteiger charge is 2.26. The van der Waals surface area contributed by atoms with Gasteiger partial charge in [-0.15, -0.1) is 0 Å². The van der Waals surface area contributed by atoms with Gasteiger partial charge in [0.05, 0.1) is 20.3 Å². The largest absolute Gasteiger partial charge is 0.497 e. The van der Waals surface area contributed by atoms with Gasteiger partial charge in [0, 0.05) is 32.6 Å². The van der Waals surface area contributed by atoms with Gasteiger partial charge < -0.3 is 19.7 Å². The first-order valence-electron chi connectivity index (χ1n) is 9.15. The van der Waals surface area contributed by atoms with Crippen molar-refractivity contribution in [3.05, 3.63) is 41.5 Å². The fourth-order valence-corrected chi connectivity index (χ4v) is 3.56. The van der Waals surface area contributed by atoms with Crippen LogP contribution in [-0.2, 0) is 4.74 Å². The lowest BCUT2D eigenvalue weighted by molar-refractivity contribution is 0.153. The van der Waals surface area contributed by atoms with E-state index in [0.29, 0.717) is 5.92 Å². The summed E-state index contributed by atoms with van der Waals surface area (Å²) in [6.45, 7) is 4.62. The van der Waals surface area contributed by atoms with Crippen LogP contribution in [0.3, 0.4) is 0 Å². The molecule has 2 aliphatic rings. The first-order chi connectivity index (χ1) is 12.3. The van der Waals surface area contributed by atoms with E-state index < -0.39 is 0 Å². The van der Waals surface area contributed by atoms with E-state index in [1.54, 1.807) is 7.11 Å². The highest BCUT2D eigenvalue weighted by atomic mass is 16.5. The predicted molar refractivity (Wildman–Crippen MR) is 101 cm³/mol. The molecule has 1 saturated heterocycles. The van der Waals surface area contributed by atoms with Crippen molar-refractivity contribution in [1.29, 1.82) is 0 Å². The summed E-state index contributed by atoms with van der Waals surface area (Å²) in [4.78, 5) is 6.84. The van der Waals surface area contributed by atoms with Gasteiger partial charge in [-0.25, -0.2) is 0 Å². The number of aliphatic imine (C=N–C) groups is 1. The molecule has 0 aliphatic carbocycles. The first kappa shape index (κ1) is 17.8.